The Morgan fingerprint density at radius 1 is 0.909 bits per heavy atom. The summed E-state index contributed by atoms with van der Waals surface area (Å²) < 4.78 is 40.0. The number of halogens is 3. The molecule has 2 aromatic carbocycles. The van der Waals surface area contributed by atoms with Crippen LogP contribution in [0.3, 0.4) is 0 Å². The summed E-state index contributed by atoms with van der Waals surface area (Å²) in [5.41, 5.74) is 2.12. The molecule has 3 nitrogen and oxygen atoms in total. The number of aromatic nitrogens is 3. The second kappa shape index (κ2) is 5.29. The molecule has 3 aromatic rings. The van der Waals surface area contributed by atoms with Crippen molar-refractivity contribution >= 4 is 0 Å². The van der Waals surface area contributed by atoms with Gasteiger partial charge in [0.25, 0.3) is 5.82 Å². The average molecular weight is 303 g/mol. The third-order valence-electron chi connectivity index (χ3n) is 3.17. The van der Waals surface area contributed by atoms with Gasteiger partial charge in [-0.15, -0.1) is 5.10 Å². The average Bonchev–Trinajstić information content (AvgIpc) is 2.94. The van der Waals surface area contributed by atoms with Crippen molar-refractivity contribution in [3.63, 3.8) is 0 Å². The fourth-order valence-corrected chi connectivity index (χ4v) is 2.07. The molecule has 0 unspecified atom stereocenters. The van der Waals surface area contributed by atoms with E-state index in [0.717, 1.165) is 5.56 Å². The zero-order valence-electron chi connectivity index (χ0n) is 11.7. The molecule has 0 fully saturated rings. The SMILES string of the molecule is Cc1ccc(-n2nc(C(F)(F)F)nc2-c2ccccc2)cc1. The first-order valence-corrected chi connectivity index (χ1v) is 6.62. The van der Waals surface area contributed by atoms with Crippen molar-refractivity contribution in [3.05, 3.63) is 66.0 Å². The predicted octanol–water partition coefficient (Wildman–Crippen LogP) is 4.26. The summed E-state index contributed by atoms with van der Waals surface area (Å²) in [4.78, 5) is 3.68. The minimum absolute atomic E-state index is 0.164. The van der Waals surface area contributed by atoms with Crippen molar-refractivity contribution in [1.29, 1.82) is 0 Å². The van der Waals surface area contributed by atoms with Crippen LogP contribution in [0, 0.1) is 6.92 Å². The molecular weight excluding hydrogens is 291 g/mol. The number of rotatable bonds is 2. The molecule has 0 aliphatic carbocycles. The predicted molar refractivity (Wildman–Crippen MR) is 76.5 cm³/mol. The highest BCUT2D eigenvalue weighted by molar-refractivity contribution is 5.58. The van der Waals surface area contributed by atoms with Gasteiger partial charge in [0.1, 0.15) is 0 Å². The Morgan fingerprint density at radius 3 is 2.14 bits per heavy atom. The normalized spacial score (nSPS) is 11.6. The van der Waals surface area contributed by atoms with E-state index in [1.807, 2.05) is 19.1 Å². The first-order chi connectivity index (χ1) is 10.4. The summed E-state index contributed by atoms with van der Waals surface area (Å²) in [7, 11) is 0. The molecule has 0 saturated carbocycles. The lowest BCUT2D eigenvalue weighted by Gasteiger charge is -2.06. The van der Waals surface area contributed by atoms with E-state index in [-0.39, 0.29) is 5.82 Å². The van der Waals surface area contributed by atoms with E-state index < -0.39 is 12.0 Å². The molecule has 0 N–H and O–H groups in total. The van der Waals surface area contributed by atoms with E-state index in [0.29, 0.717) is 11.3 Å². The van der Waals surface area contributed by atoms with Crippen LogP contribution >= 0.6 is 0 Å². The van der Waals surface area contributed by atoms with Gasteiger partial charge in [0.15, 0.2) is 5.82 Å². The number of hydrogen-bond donors (Lipinski definition) is 0. The lowest BCUT2D eigenvalue weighted by molar-refractivity contribution is -0.144. The highest BCUT2D eigenvalue weighted by Gasteiger charge is 2.37. The Morgan fingerprint density at radius 2 is 1.55 bits per heavy atom. The van der Waals surface area contributed by atoms with E-state index in [2.05, 4.69) is 10.1 Å². The molecule has 0 radical (unpaired) electrons. The van der Waals surface area contributed by atoms with Crippen molar-refractivity contribution in [3.8, 4) is 17.1 Å². The number of aryl methyl sites for hydroxylation is 1. The van der Waals surface area contributed by atoms with Gasteiger partial charge in [-0.3, -0.25) is 0 Å². The van der Waals surface area contributed by atoms with Crippen LogP contribution in [0.4, 0.5) is 13.2 Å². The number of nitrogens with zero attached hydrogens (tertiary/aromatic N) is 3. The summed E-state index contributed by atoms with van der Waals surface area (Å²) >= 11 is 0. The maximum atomic E-state index is 12.9. The molecule has 0 aliphatic rings. The third kappa shape index (κ3) is 2.72. The van der Waals surface area contributed by atoms with Crippen LogP contribution in [0.25, 0.3) is 17.1 Å². The Bertz CT molecular complexity index is 775. The first kappa shape index (κ1) is 14.3. The monoisotopic (exact) mass is 303 g/mol. The molecule has 1 aromatic heterocycles. The molecule has 0 aliphatic heterocycles. The lowest BCUT2D eigenvalue weighted by Crippen LogP contribution is -2.08. The van der Waals surface area contributed by atoms with Gasteiger partial charge in [0, 0.05) is 5.56 Å². The van der Waals surface area contributed by atoms with Crippen LogP contribution in [0.15, 0.2) is 54.6 Å². The van der Waals surface area contributed by atoms with Gasteiger partial charge >= 0.3 is 6.18 Å². The van der Waals surface area contributed by atoms with Gasteiger partial charge in [0.05, 0.1) is 5.69 Å². The molecule has 3 rings (SSSR count). The van der Waals surface area contributed by atoms with Gasteiger partial charge in [-0.05, 0) is 19.1 Å². The number of hydrogen-bond acceptors (Lipinski definition) is 2. The molecule has 0 spiro atoms. The van der Waals surface area contributed by atoms with Crippen molar-refractivity contribution in [2.45, 2.75) is 13.1 Å². The summed E-state index contributed by atoms with van der Waals surface area (Å²) in [6.07, 6.45) is -4.58. The van der Waals surface area contributed by atoms with Gasteiger partial charge in [-0.2, -0.15) is 13.2 Å². The van der Waals surface area contributed by atoms with Crippen LogP contribution in [0.5, 0.6) is 0 Å². The zero-order chi connectivity index (χ0) is 15.7. The van der Waals surface area contributed by atoms with E-state index in [1.54, 1.807) is 42.5 Å². The number of alkyl halides is 3. The van der Waals surface area contributed by atoms with Crippen molar-refractivity contribution in [2.24, 2.45) is 0 Å². The molecular formula is C16H12F3N3. The van der Waals surface area contributed by atoms with Crippen LogP contribution in [0.1, 0.15) is 11.4 Å². The van der Waals surface area contributed by atoms with E-state index in [9.17, 15) is 13.2 Å². The van der Waals surface area contributed by atoms with Crippen LogP contribution in [0.2, 0.25) is 0 Å². The quantitative estimate of drug-likeness (QED) is 0.708. The van der Waals surface area contributed by atoms with E-state index >= 15 is 0 Å². The van der Waals surface area contributed by atoms with Crippen LogP contribution < -0.4 is 0 Å². The highest BCUT2D eigenvalue weighted by Crippen LogP contribution is 2.30. The minimum Gasteiger partial charge on any atom is -0.213 e. The topological polar surface area (TPSA) is 30.7 Å². The first-order valence-electron chi connectivity index (χ1n) is 6.62. The van der Waals surface area contributed by atoms with Gasteiger partial charge in [-0.1, -0.05) is 48.0 Å². The Balaban J connectivity index is 2.19. The van der Waals surface area contributed by atoms with Crippen molar-refractivity contribution in [2.75, 3.05) is 0 Å². The standard InChI is InChI=1S/C16H12F3N3/c1-11-7-9-13(10-8-11)22-14(12-5-3-2-4-6-12)20-15(21-22)16(17,18)19/h2-10H,1H3. The summed E-state index contributed by atoms with van der Waals surface area (Å²) in [5, 5.41) is 3.64. The third-order valence-corrected chi connectivity index (χ3v) is 3.17. The zero-order valence-corrected chi connectivity index (χ0v) is 11.7. The van der Waals surface area contributed by atoms with Gasteiger partial charge in [-0.25, -0.2) is 9.67 Å². The largest absolute Gasteiger partial charge is 0.453 e. The minimum atomic E-state index is -4.58. The summed E-state index contributed by atoms with van der Waals surface area (Å²) in [6.45, 7) is 1.91. The maximum Gasteiger partial charge on any atom is 0.453 e. The molecule has 0 amide bonds. The Kier molecular flexibility index (Phi) is 3.44. The summed E-state index contributed by atoms with van der Waals surface area (Å²) in [6, 6.07) is 15.8. The molecule has 0 bridgehead atoms. The summed E-state index contributed by atoms with van der Waals surface area (Å²) in [5.74, 6) is -0.983. The van der Waals surface area contributed by atoms with Crippen molar-refractivity contribution in [1.82, 2.24) is 14.8 Å². The fraction of sp³-hybridized carbons (Fsp3) is 0.125. The second-order valence-corrected chi connectivity index (χ2v) is 4.87. The highest BCUT2D eigenvalue weighted by atomic mass is 19.4. The molecule has 6 heteroatoms. The van der Waals surface area contributed by atoms with Gasteiger partial charge < -0.3 is 0 Å². The molecule has 0 atom stereocenters. The molecule has 0 saturated heterocycles. The second-order valence-electron chi connectivity index (χ2n) is 4.87. The Hall–Kier alpha value is -2.63. The lowest BCUT2D eigenvalue weighted by atomic mass is 10.2. The van der Waals surface area contributed by atoms with Crippen molar-refractivity contribution < 1.29 is 13.2 Å². The number of benzene rings is 2. The van der Waals surface area contributed by atoms with Crippen LogP contribution in [-0.2, 0) is 6.18 Å². The van der Waals surface area contributed by atoms with E-state index in [1.165, 1.54) is 4.68 Å². The van der Waals surface area contributed by atoms with Gasteiger partial charge in [0.2, 0.25) is 0 Å². The maximum absolute atomic E-state index is 12.9. The fourth-order valence-electron chi connectivity index (χ4n) is 2.07. The molecule has 1 heterocycles. The Labute approximate surface area is 125 Å². The van der Waals surface area contributed by atoms with Crippen LogP contribution in [-0.4, -0.2) is 14.8 Å². The molecule has 22 heavy (non-hydrogen) atoms. The van der Waals surface area contributed by atoms with E-state index in [4.69, 9.17) is 0 Å². The smallest absolute Gasteiger partial charge is 0.213 e. The molecule has 112 valence electrons.